The van der Waals surface area contributed by atoms with E-state index in [0.717, 1.165) is 66.7 Å². The van der Waals surface area contributed by atoms with Gasteiger partial charge in [-0.1, -0.05) is 36.4 Å². The molecule has 0 saturated carbocycles. The van der Waals surface area contributed by atoms with Crippen molar-refractivity contribution in [3.8, 4) is 5.75 Å². The van der Waals surface area contributed by atoms with Crippen LogP contribution in [-0.2, 0) is 17.8 Å². The summed E-state index contributed by atoms with van der Waals surface area (Å²) < 4.78 is 13.4. The van der Waals surface area contributed by atoms with Gasteiger partial charge in [0.1, 0.15) is 12.4 Å². The fourth-order valence-corrected chi connectivity index (χ4v) is 6.51. The van der Waals surface area contributed by atoms with E-state index >= 15 is 0 Å². The molecule has 3 heterocycles. The Labute approximate surface area is 269 Å². The van der Waals surface area contributed by atoms with Crippen LogP contribution in [0.1, 0.15) is 50.7 Å². The number of piperazine rings is 1. The first kappa shape index (κ1) is 31.2. The van der Waals surface area contributed by atoms with Crippen LogP contribution in [0, 0.1) is 0 Å². The lowest BCUT2D eigenvalue weighted by atomic mass is 10.0. The SMILES string of the molecule is COc1ccc(C(=O)N2CCN(C(=O)OCc3ccccc3)CC2)cc1CCN1CCC(n2ccc3ccc(C(N)=O)cc32)CC1. The van der Waals surface area contributed by atoms with Gasteiger partial charge in [-0.15, -0.1) is 0 Å². The fraction of sp³-hybridized carbons (Fsp3) is 0.361. The van der Waals surface area contributed by atoms with Crippen molar-refractivity contribution < 1.29 is 23.9 Å². The minimum absolute atomic E-state index is 0.0412. The molecule has 10 heteroatoms. The predicted molar refractivity (Wildman–Crippen MR) is 176 cm³/mol. The number of carbonyl (C=O) groups excluding carboxylic acids is 3. The van der Waals surface area contributed by atoms with Gasteiger partial charge in [-0.25, -0.2) is 4.79 Å². The van der Waals surface area contributed by atoms with Crippen LogP contribution in [0.4, 0.5) is 4.79 Å². The molecule has 1 aromatic heterocycles. The van der Waals surface area contributed by atoms with Crippen LogP contribution in [0.2, 0.25) is 0 Å². The molecule has 0 radical (unpaired) electrons. The minimum Gasteiger partial charge on any atom is -0.496 e. The Kier molecular flexibility index (Phi) is 9.54. The van der Waals surface area contributed by atoms with Gasteiger partial charge in [-0.3, -0.25) is 9.59 Å². The first-order valence-electron chi connectivity index (χ1n) is 15.9. The van der Waals surface area contributed by atoms with Gasteiger partial charge in [0.05, 0.1) is 7.11 Å². The molecule has 2 aliphatic rings. The van der Waals surface area contributed by atoms with Crippen molar-refractivity contribution >= 4 is 28.8 Å². The van der Waals surface area contributed by atoms with E-state index in [2.05, 4.69) is 21.7 Å². The van der Waals surface area contributed by atoms with Gasteiger partial charge in [0, 0.05) is 74.7 Å². The first-order valence-corrected chi connectivity index (χ1v) is 15.9. The summed E-state index contributed by atoms with van der Waals surface area (Å²) in [5, 5.41) is 1.11. The fourth-order valence-electron chi connectivity index (χ4n) is 6.51. The van der Waals surface area contributed by atoms with Gasteiger partial charge >= 0.3 is 6.09 Å². The van der Waals surface area contributed by atoms with E-state index in [1.807, 2.05) is 60.7 Å². The van der Waals surface area contributed by atoms with Crippen molar-refractivity contribution in [1.82, 2.24) is 19.3 Å². The maximum absolute atomic E-state index is 13.5. The number of piperidine rings is 1. The van der Waals surface area contributed by atoms with Gasteiger partial charge in [-0.2, -0.15) is 0 Å². The third-order valence-corrected chi connectivity index (χ3v) is 9.21. The molecule has 10 nitrogen and oxygen atoms in total. The lowest BCUT2D eigenvalue weighted by Gasteiger charge is -2.34. The molecule has 4 aromatic rings. The third kappa shape index (κ3) is 7.02. The number of fused-ring (bicyclic) bond motifs is 1. The monoisotopic (exact) mass is 623 g/mol. The Morgan fingerprint density at radius 2 is 1.54 bits per heavy atom. The van der Waals surface area contributed by atoms with Crippen molar-refractivity contribution in [2.45, 2.75) is 31.9 Å². The van der Waals surface area contributed by atoms with Crippen molar-refractivity contribution in [2.75, 3.05) is 52.9 Å². The van der Waals surface area contributed by atoms with E-state index < -0.39 is 5.91 Å². The first-order chi connectivity index (χ1) is 22.4. The van der Waals surface area contributed by atoms with E-state index in [0.29, 0.717) is 43.3 Å². The molecule has 2 fully saturated rings. The smallest absolute Gasteiger partial charge is 0.410 e. The van der Waals surface area contributed by atoms with Gasteiger partial charge in [0.25, 0.3) is 5.91 Å². The molecule has 6 rings (SSSR count). The molecular weight excluding hydrogens is 582 g/mol. The maximum atomic E-state index is 13.5. The molecular formula is C36H41N5O5. The average Bonchev–Trinajstić information content (AvgIpc) is 3.53. The molecule has 2 aliphatic heterocycles. The van der Waals surface area contributed by atoms with E-state index in [-0.39, 0.29) is 18.6 Å². The number of hydrogen-bond donors (Lipinski definition) is 1. The van der Waals surface area contributed by atoms with Crippen LogP contribution in [0.15, 0.2) is 79.0 Å². The number of primary amides is 1. The Morgan fingerprint density at radius 1 is 0.826 bits per heavy atom. The second-order valence-corrected chi connectivity index (χ2v) is 12.0. The highest BCUT2D eigenvalue weighted by atomic mass is 16.6. The highest BCUT2D eigenvalue weighted by Crippen LogP contribution is 2.29. The van der Waals surface area contributed by atoms with Crippen LogP contribution in [0.25, 0.3) is 10.9 Å². The van der Waals surface area contributed by atoms with Gasteiger partial charge in [-0.05, 0) is 72.2 Å². The highest BCUT2D eigenvalue weighted by molar-refractivity contribution is 5.97. The van der Waals surface area contributed by atoms with Crippen molar-refractivity contribution in [1.29, 1.82) is 0 Å². The lowest BCUT2D eigenvalue weighted by molar-refractivity contribution is 0.0543. The number of rotatable bonds is 9. The Balaban J connectivity index is 1.01. The second-order valence-electron chi connectivity index (χ2n) is 12.0. The average molecular weight is 624 g/mol. The number of nitrogens with two attached hydrogens (primary N) is 1. The van der Waals surface area contributed by atoms with E-state index in [1.165, 1.54) is 0 Å². The van der Waals surface area contributed by atoms with Crippen LogP contribution >= 0.6 is 0 Å². The normalized spacial score (nSPS) is 16.0. The van der Waals surface area contributed by atoms with E-state index in [4.69, 9.17) is 15.2 Å². The molecule has 2 saturated heterocycles. The maximum Gasteiger partial charge on any atom is 0.410 e. The van der Waals surface area contributed by atoms with Crippen molar-refractivity contribution in [3.05, 3.63) is 101 Å². The van der Waals surface area contributed by atoms with Crippen molar-refractivity contribution in [3.63, 3.8) is 0 Å². The second kappa shape index (κ2) is 14.1. The van der Waals surface area contributed by atoms with Crippen LogP contribution < -0.4 is 10.5 Å². The lowest BCUT2D eigenvalue weighted by Crippen LogP contribution is -2.50. The number of nitrogens with zero attached hydrogens (tertiary/aromatic N) is 4. The van der Waals surface area contributed by atoms with E-state index in [1.54, 1.807) is 23.0 Å². The van der Waals surface area contributed by atoms with Crippen LogP contribution in [0.5, 0.6) is 5.75 Å². The molecule has 0 spiro atoms. The van der Waals surface area contributed by atoms with Gasteiger partial charge < -0.3 is 34.5 Å². The van der Waals surface area contributed by atoms with Crippen LogP contribution in [-0.4, -0.2) is 90.1 Å². The number of aromatic nitrogens is 1. The minimum atomic E-state index is -0.412. The molecule has 0 bridgehead atoms. The number of amides is 3. The largest absolute Gasteiger partial charge is 0.496 e. The summed E-state index contributed by atoms with van der Waals surface area (Å²) in [6, 6.07) is 23.3. The summed E-state index contributed by atoms with van der Waals surface area (Å²) in [7, 11) is 1.66. The Hall–Kier alpha value is -4.83. The molecule has 240 valence electrons. The summed E-state index contributed by atoms with van der Waals surface area (Å²) >= 11 is 0. The summed E-state index contributed by atoms with van der Waals surface area (Å²) in [6.45, 7) is 4.79. The number of likely N-dealkylation sites (tertiary alicyclic amines) is 1. The highest BCUT2D eigenvalue weighted by Gasteiger charge is 2.27. The zero-order chi connectivity index (χ0) is 32.0. The van der Waals surface area contributed by atoms with Gasteiger partial charge in [0.15, 0.2) is 0 Å². The number of carbonyl (C=O) groups is 3. The molecule has 3 aromatic carbocycles. The van der Waals surface area contributed by atoms with Crippen LogP contribution in [0.3, 0.4) is 0 Å². The molecule has 0 atom stereocenters. The quantitative estimate of drug-likeness (QED) is 0.289. The number of hydrogen-bond acceptors (Lipinski definition) is 6. The number of methoxy groups -OCH3 is 1. The summed E-state index contributed by atoms with van der Waals surface area (Å²) in [5.74, 6) is 0.326. The number of ether oxygens (including phenoxy) is 2. The molecule has 0 unspecified atom stereocenters. The standard InChI is InChI=1S/C36H41N5O5/c1-45-33-10-9-30(35(43)39-19-21-40(22-20-39)36(44)46-25-26-5-3-2-4-6-26)23-28(33)11-15-38-16-13-31(14-17-38)41-18-12-27-7-8-29(34(37)42)24-32(27)41/h2-10,12,18,23-24,31H,11,13-17,19-22,25H2,1H3,(H2,37,42). The summed E-state index contributed by atoms with van der Waals surface area (Å²) in [4.78, 5) is 43.7. The molecule has 0 aliphatic carbocycles. The Bertz CT molecular complexity index is 1690. The molecule has 2 N–H and O–H groups in total. The van der Waals surface area contributed by atoms with Gasteiger partial charge in [0.2, 0.25) is 5.91 Å². The third-order valence-electron chi connectivity index (χ3n) is 9.21. The molecule has 3 amide bonds. The number of benzene rings is 3. The summed E-state index contributed by atoms with van der Waals surface area (Å²) in [5.41, 5.74) is 9.68. The predicted octanol–water partition coefficient (Wildman–Crippen LogP) is 4.72. The molecule has 46 heavy (non-hydrogen) atoms. The summed E-state index contributed by atoms with van der Waals surface area (Å²) in [6.07, 6.45) is 4.54. The Morgan fingerprint density at radius 3 is 2.26 bits per heavy atom. The zero-order valence-electron chi connectivity index (χ0n) is 26.3. The van der Waals surface area contributed by atoms with E-state index in [9.17, 15) is 14.4 Å². The van der Waals surface area contributed by atoms with Crippen molar-refractivity contribution in [2.24, 2.45) is 5.73 Å². The topological polar surface area (TPSA) is 110 Å². The zero-order valence-corrected chi connectivity index (χ0v) is 26.3.